The van der Waals surface area contributed by atoms with Crippen molar-refractivity contribution in [2.75, 3.05) is 26.3 Å². The predicted octanol–water partition coefficient (Wildman–Crippen LogP) is 3.12. The Balaban J connectivity index is 1.59. The van der Waals surface area contributed by atoms with E-state index in [2.05, 4.69) is 0 Å². The molecule has 8 heteroatoms. The first-order valence-electron chi connectivity index (χ1n) is 8.73. The molecule has 0 amide bonds. The number of carbonyl (C=O) groups is 1. The zero-order valence-electron chi connectivity index (χ0n) is 15.1. The lowest BCUT2D eigenvalue weighted by Crippen LogP contribution is -2.40. The summed E-state index contributed by atoms with van der Waals surface area (Å²) in [5.74, 6) is -0.509. The Labute approximate surface area is 169 Å². The summed E-state index contributed by atoms with van der Waals surface area (Å²) in [6.07, 6.45) is 2.86. The Kier molecular flexibility index (Phi) is 6.85. The largest absolute Gasteiger partial charge is 0.458 e. The predicted molar refractivity (Wildman–Crippen MR) is 106 cm³/mol. The number of hydrogen-bond donors (Lipinski definition) is 0. The Hall–Kier alpha value is -2.19. The van der Waals surface area contributed by atoms with E-state index in [4.69, 9.17) is 21.1 Å². The molecule has 148 valence electrons. The van der Waals surface area contributed by atoms with E-state index in [-0.39, 0.29) is 11.5 Å². The normalized spacial score (nSPS) is 15.6. The summed E-state index contributed by atoms with van der Waals surface area (Å²) in [4.78, 5) is 12.1. The van der Waals surface area contributed by atoms with Crippen LogP contribution >= 0.6 is 11.6 Å². The molecule has 0 unspecified atom stereocenters. The second kappa shape index (κ2) is 9.34. The number of halogens is 1. The summed E-state index contributed by atoms with van der Waals surface area (Å²) in [6.45, 7) is 1.58. The van der Waals surface area contributed by atoms with Crippen LogP contribution in [0.1, 0.15) is 11.1 Å². The van der Waals surface area contributed by atoms with Gasteiger partial charge in [0.25, 0.3) is 0 Å². The summed E-state index contributed by atoms with van der Waals surface area (Å²) in [7, 11) is -3.53. The average Bonchev–Trinajstić information content (AvgIpc) is 2.72. The van der Waals surface area contributed by atoms with Crippen molar-refractivity contribution < 1.29 is 22.7 Å². The highest BCUT2D eigenvalue weighted by atomic mass is 35.5. The van der Waals surface area contributed by atoms with Crippen LogP contribution < -0.4 is 0 Å². The lowest BCUT2D eigenvalue weighted by atomic mass is 10.2. The van der Waals surface area contributed by atoms with Gasteiger partial charge in [0, 0.05) is 29.8 Å². The van der Waals surface area contributed by atoms with Crippen LogP contribution in [0.25, 0.3) is 6.08 Å². The summed E-state index contributed by atoms with van der Waals surface area (Å²) in [5, 5.41) is 0.538. The van der Waals surface area contributed by atoms with Crippen molar-refractivity contribution in [2.45, 2.75) is 11.5 Å². The molecule has 1 aliphatic heterocycles. The molecule has 0 bridgehead atoms. The maximum atomic E-state index is 12.6. The average molecular weight is 422 g/mol. The number of nitrogens with zero attached hydrogens (tertiary/aromatic N) is 1. The molecule has 0 radical (unpaired) electrons. The molecule has 0 N–H and O–H groups in total. The lowest BCUT2D eigenvalue weighted by Gasteiger charge is -2.26. The number of carbonyl (C=O) groups excluding carboxylic acids is 1. The van der Waals surface area contributed by atoms with E-state index < -0.39 is 16.0 Å². The van der Waals surface area contributed by atoms with Crippen LogP contribution in [0.5, 0.6) is 0 Å². The van der Waals surface area contributed by atoms with E-state index in [0.717, 1.165) is 5.56 Å². The summed E-state index contributed by atoms with van der Waals surface area (Å²) >= 11 is 6.02. The molecule has 0 aliphatic carbocycles. The maximum Gasteiger partial charge on any atom is 0.331 e. The molecule has 3 rings (SSSR count). The zero-order valence-corrected chi connectivity index (χ0v) is 16.7. The number of sulfonamides is 1. The minimum atomic E-state index is -3.53. The number of hydrogen-bond acceptors (Lipinski definition) is 5. The first kappa shape index (κ1) is 20.5. The molecule has 0 saturated carbocycles. The fraction of sp³-hybridized carbons (Fsp3) is 0.250. The SMILES string of the molecule is O=C(/C=C/c1ccc(S(=O)(=O)N2CCOCC2)cc1)OCc1ccccc1Cl. The van der Waals surface area contributed by atoms with Gasteiger partial charge in [0.2, 0.25) is 10.0 Å². The van der Waals surface area contributed by atoms with Crippen molar-refractivity contribution in [3.8, 4) is 0 Å². The molecule has 28 heavy (non-hydrogen) atoms. The van der Waals surface area contributed by atoms with Crippen LogP contribution in [0.3, 0.4) is 0 Å². The van der Waals surface area contributed by atoms with Gasteiger partial charge in [-0.15, -0.1) is 0 Å². The van der Waals surface area contributed by atoms with E-state index in [1.165, 1.54) is 22.5 Å². The summed E-state index contributed by atoms with van der Waals surface area (Å²) in [6, 6.07) is 13.5. The van der Waals surface area contributed by atoms with Gasteiger partial charge in [-0.3, -0.25) is 0 Å². The molecule has 2 aromatic rings. The molecule has 1 fully saturated rings. The Morgan fingerprint density at radius 2 is 1.79 bits per heavy atom. The fourth-order valence-electron chi connectivity index (χ4n) is 2.66. The third kappa shape index (κ3) is 5.20. The van der Waals surface area contributed by atoms with Crippen LogP contribution in [-0.4, -0.2) is 45.0 Å². The Morgan fingerprint density at radius 3 is 2.46 bits per heavy atom. The highest BCUT2D eigenvalue weighted by Gasteiger charge is 2.25. The summed E-state index contributed by atoms with van der Waals surface area (Å²) < 4.78 is 36.9. The van der Waals surface area contributed by atoms with Crippen molar-refractivity contribution in [3.63, 3.8) is 0 Å². The van der Waals surface area contributed by atoms with Gasteiger partial charge in [0.05, 0.1) is 18.1 Å². The fourth-order valence-corrected chi connectivity index (χ4v) is 4.26. The van der Waals surface area contributed by atoms with Crippen LogP contribution in [-0.2, 0) is 30.9 Å². The molecule has 0 atom stereocenters. The van der Waals surface area contributed by atoms with Gasteiger partial charge in [-0.1, -0.05) is 41.9 Å². The van der Waals surface area contributed by atoms with Crippen molar-refractivity contribution in [1.29, 1.82) is 0 Å². The van der Waals surface area contributed by atoms with Gasteiger partial charge in [-0.05, 0) is 29.8 Å². The number of ether oxygens (including phenoxy) is 2. The molecule has 1 aliphatic rings. The second-order valence-corrected chi connectivity index (χ2v) is 8.46. The number of rotatable bonds is 6. The topological polar surface area (TPSA) is 72.9 Å². The van der Waals surface area contributed by atoms with Gasteiger partial charge in [0.1, 0.15) is 6.61 Å². The highest BCUT2D eigenvalue weighted by molar-refractivity contribution is 7.89. The second-order valence-electron chi connectivity index (χ2n) is 6.12. The van der Waals surface area contributed by atoms with Crippen LogP contribution in [0.2, 0.25) is 5.02 Å². The monoisotopic (exact) mass is 421 g/mol. The number of benzene rings is 2. The molecular weight excluding hydrogens is 402 g/mol. The molecule has 1 heterocycles. The molecule has 0 aromatic heterocycles. The molecular formula is C20H20ClNO5S. The van der Waals surface area contributed by atoms with Gasteiger partial charge in [-0.2, -0.15) is 4.31 Å². The lowest BCUT2D eigenvalue weighted by molar-refractivity contribution is -0.138. The van der Waals surface area contributed by atoms with E-state index in [1.54, 1.807) is 36.4 Å². The van der Waals surface area contributed by atoms with Gasteiger partial charge >= 0.3 is 5.97 Å². The third-order valence-corrected chi connectivity index (χ3v) is 6.51. The van der Waals surface area contributed by atoms with Crippen molar-refractivity contribution in [3.05, 3.63) is 70.8 Å². The third-order valence-electron chi connectivity index (χ3n) is 4.23. The van der Waals surface area contributed by atoms with E-state index in [0.29, 0.717) is 36.9 Å². The van der Waals surface area contributed by atoms with Crippen molar-refractivity contribution in [2.24, 2.45) is 0 Å². The quantitative estimate of drug-likeness (QED) is 0.529. The van der Waals surface area contributed by atoms with Crippen LogP contribution in [0, 0.1) is 0 Å². The zero-order chi connectivity index (χ0) is 20.0. The molecule has 0 spiro atoms. The van der Waals surface area contributed by atoms with Crippen molar-refractivity contribution >= 4 is 33.7 Å². The van der Waals surface area contributed by atoms with Gasteiger partial charge in [0.15, 0.2) is 0 Å². The van der Waals surface area contributed by atoms with E-state index >= 15 is 0 Å². The van der Waals surface area contributed by atoms with E-state index in [1.807, 2.05) is 6.07 Å². The molecule has 1 saturated heterocycles. The molecule has 2 aromatic carbocycles. The van der Waals surface area contributed by atoms with Crippen LogP contribution in [0.4, 0.5) is 0 Å². The first-order valence-corrected chi connectivity index (χ1v) is 10.5. The Morgan fingerprint density at radius 1 is 1.11 bits per heavy atom. The van der Waals surface area contributed by atoms with Crippen LogP contribution in [0.15, 0.2) is 59.5 Å². The van der Waals surface area contributed by atoms with Gasteiger partial charge in [-0.25, -0.2) is 13.2 Å². The van der Waals surface area contributed by atoms with Gasteiger partial charge < -0.3 is 9.47 Å². The standard InChI is InChI=1S/C20H20ClNO5S/c21-19-4-2-1-3-17(19)15-27-20(23)10-7-16-5-8-18(9-6-16)28(24,25)22-11-13-26-14-12-22/h1-10H,11-15H2/b10-7+. The minimum absolute atomic E-state index is 0.0829. The summed E-state index contributed by atoms with van der Waals surface area (Å²) in [5.41, 5.74) is 1.42. The van der Waals surface area contributed by atoms with Crippen molar-refractivity contribution in [1.82, 2.24) is 4.31 Å². The maximum absolute atomic E-state index is 12.6. The highest BCUT2D eigenvalue weighted by Crippen LogP contribution is 2.18. The molecule has 6 nitrogen and oxygen atoms in total. The van der Waals surface area contributed by atoms with E-state index in [9.17, 15) is 13.2 Å². The minimum Gasteiger partial charge on any atom is -0.458 e. The number of esters is 1. The number of morpholine rings is 1. The Bertz CT molecular complexity index is 951. The smallest absolute Gasteiger partial charge is 0.331 e. The first-order chi connectivity index (χ1) is 13.5.